The van der Waals surface area contributed by atoms with Crippen molar-refractivity contribution in [3.05, 3.63) is 48.5 Å². The number of rotatable bonds is 6. The molecule has 2 aromatic carbocycles. The smallest absolute Gasteiger partial charge is 0.231 e. The van der Waals surface area contributed by atoms with Crippen molar-refractivity contribution in [2.75, 3.05) is 12.5 Å². The quantitative estimate of drug-likeness (QED) is 0.437. The zero-order valence-electron chi connectivity index (χ0n) is 17.8. The van der Waals surface area contributed by atoms with Gasteiger partial charge in [-0.15, -0.1) is 10.2 Å². The minimum Gasteiger partial charge on any atom is -0.454 e. The van der Waals surface area contributed by atoms with Crippen molar-refractivity contribution in [3.8, 4) is 28.6 Å². The summed E-state index contributed by atoms with van der Waals surface area (Å²) >= 11 is 1.41. The van der Waals surface area contributed by atoms with E-state index in [1.54, 1.807) is 0 Å². The van der Waals surface area contributed by atoms with Crippen molar-refractivity contribution in [1.29, 1.82) is 0 Å². The number of thioether (sulfide) groups is 1. The third-order valence-electron chi connectivity index (χ3n) is 5.83. The number of fused-ring (bicyclic) bond motifs is 1. The summed E-state index contributed by atoms with van der Waals surface area (Å²) in [5.41, 5.74) is 1.82. The van der Waals surface area contributed by atoms with Crippen LogP contribution in [0.2, 0.25) is 0 Å². The SMILES string of the molecule is O=C(CSc1nnc(-c2ccc3c(c2)OCO3)n1-c1ccccc1)NC1CCCCCC1. The van der Waals surface area contributed by atoms with E-state index in [0.29, 0.717) is 28.5 Å². The van der Waals surface area contributed by atoms with Crippen LogP contribution in [0, 0.1) is 0 Å². The number of nitrogens with one attached hydrogen (secondary N) is 1. The molecular formula is C24H26N4O3S. The summed E-state index contributed by atoms with van der Waals surface area (Å²) in [6, 6.07) is 16.0. The Kier molecular flexibility index (Phi) is 6.29. The van der Waals surface area contributed by atoms with Gasteiger partial charge in [-0.1, -0.05) is 55.6 Å². The Morgan fingerprint density at radius 3 is 2.59 bits per heavy atom. The summed E-state index contributed by atoms with van der Waals surface area (Å²) in [7, 11) is 0. The van der Waals surface area contributed by atoms with E-state index in [1.165, 1.54) is 37.4 Å². The number of amides is 1. The molecule has 0 saturated heterocycles. The van der Waals surface area contributed by atoms with Crippen LogP contribution in [0.25, 0.3) is 17.1 Å². The molecule has 0 bridgehead atoms. The molecule has 8 heteroatoms. The molecular weight excluding hydrogens is 424 g/mol. The summed E-state index contributed by atoms with van der Waals surface area (Å²) in [5.74, 6) is 2.48. The Labute approximate surface area is 191 Å². The van der Waals surface area contributed by atoms with Gasteiger partial charge in [0.1, 0.15) is 0 Å². The highest BCUT2D eigenvalue weighted by Gasteiger charge is 2.21. The van der Waals surface area contributed by atoms with Gasteiger partial charge in [-0.2, -0.15) is 0 Å². The lowest BCUT2D eigenvalue weighted by atomic mass is 10.1. The minimum absolute atomic E-state index is 0.0501. The molecule has 3 aromatic rings. The number of para-hydroxylation sites is 1. The van der Waals surface area contributed by atoms with Gasteiger partial charge in [-0.3, -0.25) is 9.36 Å². The Bertz CT molecular complexity index is 1080. The Morgan fingerprint density at radius 1 is 1.00 bits per heavy atom. The van der Waals surface area contributed by atoms with E-state index in [-0.39, 0.29) is 12.7 Å². The summed E-state index contributed by atoms with van der Waals surface area (Å²) in [4.78, 5) is 12.6. The van der Waals surface area contributed by atoms with Crippen LogP contribution in [0.3, 0.4) is 0 Å². The molecule has 1 fully saturated rings. The number of hydrogen-bond acceptors (Lipinski definition) is 6. The topological polar surface area (TPSA) is 78.3 Å². The molecule has 0 atom stereocenters. The van der Waals surface area contributed by atoms with Crippen molar-refractivity contribution in [2.45, 2.75) is 49.7 Å². The van der Waals surface area contributed by atoms with Gasteiger partial charge in [0.2, 0.25) is 12.7 Å². The molecule has 1 N–H and O–H groups in total. The number of hydrogen-bond donors (Lipinski definition) is 1. The zero-order chi connectivity index (χ0) is 21.8. The van der Waals surface area contributed by atoms with Gasteiger partial charge in [-0.05, 0) is 43.2 Å². The molecule has 1 saturated carbocycles. The van der Waals surface area contributed by atoms with E-state index in [4.69, 9.17) is 9.47 Å². The second kappa shape index (κ2) is 9.65. The standard InChI is InChI=1S/C24H26N4O3S/c29-22(25-18-8-4-1-2-5-9-18)15-32-24-27-26-23(28(24)19-10-6-3-7-11-19)17-12-13-20-21(14-17)31-16-30-20/h3,6-7,10-14,18H,1-2,4-5,8-9,15-16H2,(H,25,29). The number of benzene rings is 2. The number of carbonyl (C=O) groups is 1. The fourth-order valence-corrected chi connectivity index (χ4v) is 4.98. The van der Waals surface area contributed by atoms with E-state index in [9.17, 15) is 4.79 Å². The molecule has 1 aromatic heterocycles. The highest BCUT2D eigenvalue weighted by atomic mass is 32.2. The van der Waals surface area contributed by atoms with Crippen LogP contribution in [-0.2, 0) is 4.79 Å². The normalized spacial score (nSPS) is 16.0. The first-order valence-corrected chi connectivity index (χ1v) is 12.1. The highest BCUT2D eigenvalue weighted by Crippen LogP contribution is 2.37. The first-order chi connectivity index (χ1) is 15.8. The van der Waals surface area contributed by atoms with Crippen LogP contribution in [0.1, 0.15) is 38.5 Å². The van der Waals surface area contributed by atoms with Gasteiger partial charge in [0.25, 0.3) is 0 Å². The molecule has 0 unspecified atom stereocenters. The van der Waals surface area contributed by atoms with Crippen molar-refractivity contribution in [1.82, 2.24) is 20.1 Å². The number of carbonyl (C=O) groups excluding carboxylic acids is 1. The first-order valence-electron chi connectivity index (χ1n) is 11.1. The minimum atomic E-state index is 0.0501. The third-order valence-corrected chi connectivity index (χ3v) is 6.76. The summed E-state index contributed by atoms with van der Waals surface area (Å²) in [6.45, 7) is 0.224. The summed E-state index contributed by atoms with van der Waals surface area (Å²) in [6.07, 6.45) is 7.07. The van der Waals surface area contributed by atoms with Crippen molar-refractivity contribution >= 4 is 17.7 Å². The van der Waals surface area contributed by atoms with E-state index in [1.807, 2.05) is 53.1 Å². The molecule has 166 valence electrons. The third kappa shape index (κ3) is 4.60. The lowest BCUT2D eigenvalue weighted by Crippen LogP contribution is -2.35. The van der Waals surface area contributed by atoms with Crippen LogP contribution in [0.5, 0.6) is 11.5 Å². The van der Waals surface area contributed by atoms with Gasteiger partial charge in [-0.25, -0.2) is 0 Å². The van der Waals surface area contributed by atoms with E-state index in [0.717, 1.165) is 29.8 Å². The Hall–Kier alpha value is -3.00. The van der Waals surface area contributed by atoms with Gasteiger partial charge in [0, 0.05) is 17.3 Å². The lowest BCUT2D eigenvalue weighted by Gasteiger charge is -2.16. The molecule has 1 aliphatic heterocycles. The molecule has 32 heavy (non-hydrogen) atoms. The molecule has 1 aliphatic carbocycles. The van der Waals surface area contributed by atoms with Crippen molar-refractivity contribution < 1.29 is 14.3 Å². The fraction of sp³-hybridized carbons (Fsp3) is 0.375. The van der Waals surface area contributed by atoms with Gasteiger partial charge in [0.05, 0.1) is 5.75 Å². The van der Waals surface area contributed by atoms with Crippen LogP contribution in [-0.4, -0.2) is 39.3 Å². The molecule has 2 aliphatic rings. The van der Waals surface area contributed by atoms with E-state index in [2.05, 4.69) is 15.5 Å². The molecule has 0 radical (unpaired) electrons. The number of aromatic nitrogens is 3. The first kappa shape index (κ1) is 20.9. The maximum Gasteiger partial charge on any atom is 0.231 e. The van der Waals surface area contributed by atoms with Gasteiger partial charge < -0.3 is 14.8 Å². The van der Waals surface area contributed by atoms with Gasteiger partial charge >= 0.3 is 0 Å². The molecule has 7 nitrogen and oxygen atoms in total. The van der Waals surface area contributed by atoms with Crippen LogP contribution < -0.4 is 14.8 Å². The molecule has 1 amide bonds. The second-order valence-corrected chi connectivity index (χ2v) is 9.03. The lowest BCUT2D eigenvalue weighted by molar-refractivity contribution is -0.119. The monoisotopic (exact) mass is 450 g/mol. The van der Waals surface area contributed by atoms with Crippen molar-refractivity contribution in [2.24, 2.45) is 0 Å². The average Bonchev–Trinajstić information content (AvgIpc) is 3.39. The zero-order valence-corrected chi connectivity index (χ0v) is 18.6. The van der Waals surface area contributed by atoms with E-state index >= 15 is 0 Å². The van der Waals surface area contributed by atoms with Gasteiger partial charge in [0.15, 0.2) is 22.5 Å². The average molecular weight is 451 g/mol. The maximum atomic E-state index is 12.6. The Balaban J connectivity index is 1.37. The summed E-state index contributed by atoms with van der Waals surface area (Å²) < 4.78 is 13.0. The predicted octanol–water partition coefficient (Wildman–Crippen LogP) is 4.59. The van der Waals surface area contributed by atoms with Crippen LogP contribution >= 0.6 is 11.8 Å². The molecule has 2 heterocycles. The van der Waals surface area contributed by atoms with Crippen LogP contribution in [0.15, 0.2) is 53.7 Å². The number of ether oxygens (including phenoxy) is 2. The largest absolute Gasteiger partial charge is 0.454 e. The van der Waals surface area contributed by atoms with Crippen LogP contribution in [0.4, 0.5) is 0 Å². The fourth-order valence-electron chi connectivity index (χ4n) is 4.22. The maximum absolute atomic E-state index is 12.6. The molecule has 0 spiro atoms. The van der Waals surface area contributed by atoms with E-state index < -0.39 is 0 Å². The second-order valence-electron chi connectivity index (χ2n) is 8.09. The molecule has 5 rings (SSSR count). The number of nitrogens with zero attached hydrogens (tertiary/aromatic N) is 3. The highest BCUT2D eigenvalue weighted by molar-refractivity contribution is 7.99. The van der Waals surface area contributed by atoms with Crippen molar-refractivity contribution in [3.63, 3.8) is 0 Å². The predicted molar refractivity (Wildman–Crippen MR) is 123 cm³/mol. The summed E-state index contributed by atoms with van der Waals surface area (Å²) in [5, 5.41) is 12.8. The Morgan fingerprint density at radius 2 is 1.78 bits per heavy atom.